The Morgan fingerprint density at radius 2 is 1.64 bits per heavy atom. The number of aromatic hydroxyl groups is 1. The third kappa shape index (κ3) is 4.01. The van der Waals surface area contributed by atoms with Gasteiger partial charge < -0.3 is 19.2 Å². The van der Waals surface area contributed by atoms with Crippen LogP contribution in [0.5, 0.6) is 5.75 Å². The van der Waals surface area contributed by atoms with E-state index in [0.29, 0.717) is 6.61 Å². The third-order valence-electron chi connectivity index (χ3n) is 5.24. The van der Waals surface area contributed by atoms with Crippen LogP contribution in [0, 0.1) is 13.8 Å². The van der Waals surface area contributed by atoms with E-state index >= 15 is 0 Å². The van der Waals surface area contributed by atoms with Crippen molar-refractivity contribution in [3.8, 4) is 5.75 Å². The van der Waals surface area contributed by atoms with E-state index in [0.717, 1.165) is 16.7 Å². The van der Waals surface area contributed by atoms with Crippen LogP contribution in [-0.4, -0.2) is 36.0 Å². The zero-order valence-electron chi connectivity index (χ0n) is 16.3. The van der Waals surface area contributed by atoms with E-state index in [-0.39, 0.29) is 24.0 Å². The number of hydrogen-bond acceptors (Lipinski definition) is 5. The molecule has 1 atom stereocenters. The fraction of sp³-hybridized carbons (Fsp3) is 0.632. The molecule has 0 saturated carbocycles. The molecule has 5 nitrogen and oxygen atoms in total. The van der Waals surface area contributed by atoms with Gasteiger partial charge in [-0.25, -0.2) is 0 Å². The highest BCUT2D eigenvalue weighted by atomic mass is 16.7. The summed E-state index contributed by atoms with van der Waals surface area (Å²) >= 11 is 0. The van der Waals surface area contributed by atoms with Gasteiger partial charge in [0.25, 0.3) is 0 Å². The third-order valence-corrected chi connectivity index (χ3v) is 5.24. The summed E-state index contributed by atoms with van der Waals surface area (Å²) in [6, 6.07) is 3.40. The standard InChI is InChI=1S/C19H29BO5/c1-8-23-16(22)11-15(17-12(2)9-14(21)10-13(17)3)20-24-18(4,5)19(6,7)25-20/h9-10,15,21H,8,11H2,1-7H3. The molecule has 1 fully saturated rings. The summed E-state index contributed by atoms with van der Waals surface area (Å²) in [6.07, 6.45) is 0.164. The first kappa shape index (κ1) is 19.8. The number of phenolic OH excluding ortho intramolecular Hbond substituents is 1. The van der Waals surface area contributed by atoms with Crippen LogP contribution >= 0.6 is 0 Å². The number of benzene rings is 1. The summed E-state index contributed by atoms with van der Waals surface area (Å²) in [5.41, 5.74) is 1.81. The van der Waals surface area contributed by atoms with Crippen molar-refractivity contribution < 1.29 is 23.9 Å². The topological polar surface area (TPSA) is 65.0 Å². The average Bonchev–Trinajstić information content (AvgIpc) is 2.65. The molecule has 0 aromatic heterocycles. The molecule has 6 heteroatoms. The number of esters is 1. The van der Waals surface area contributed by atoms with Crippen molar-refractivity contribution in [3.63, 3.8) is 0 Å². The molecule has 1 aromatic rings. The summed E-state index contributed by atoms with van der Waals surface area (Å²) in [4.78, 5) is 12.2. The van der Waals surface area contributed by atoms with E-state index in [1.807, 2.05) is 41.5 Å². The van der Waals surface area contributed by atoms with Crippen molar-refractivity contribution in [2.45, 2.75) is 71.9 Å². The van der Waals surface area contributed by atoms with Gasteiger partial charge in [-0.3, -0.25) is 4.79 Å². The molecule has 1 aromatic carbocycles. The minimum Gasteiger partial charge on any atom is -0.508 e. The number of phenols is 1. The first-order chi connectivity index (χ1) is 11.5. The second-order valence-electron chi connectivity index (χ2n) is 7.73. The maximum atomic E-state index is 12.2. The molecular formula is C19H29BO5. The van der Waals surface area contributed by atoms with Crippen LogP contribution in [0.4, 0.5) is 0 Å². The van der Waals surface area contributed by atoms with Gasteiger partial charge in [0.05, 0.1) is 24.2 Å². The molecule has 0 aliphatic carbocycles. The van der Waals surface area contributed by atoms with E-state index in [2.05, 4.69) is 0 Å². The molecule has 0 bridgehead atoms. The van der Waals surface area contributed by atoms with Gasteiger partial charge in [-0.1, -0.05) is 0 Å². The Morgan fingerprint density at radius 1 is 1.16 bits per heavy atom. The second kappa shape index (κ2) is 7.00. The van der Waals surface area contributed by atoms with Crippen LogP contribution in [0.2, 0.25) is 0 Å². The Balaban J connectivity index is 2.44. The molecule has 1 unspecified atom stereocenters. The lowest BCUT2D eigenvalue weighted by Crippen LogP contribution is -2.41. The van der Waals surface area contributed by atoms with E-state index in [1.54, 1.807) is 19.1 Å². The van der Waals surface area contributed by atoms with Crippen molar-refractivity contribution in [1.82, 2.24) is 0 Å². The minimum atomic E-state index is -0.559. The minimum absolute atomic E-state index is 0.164. The van der Waals surface area contributed by atoms with Crippen molar-refractivity contribution in [2.24, 2.45) is 0 Å². The van der Waals surface area contributed by atoms with Crippen LogP contribution in [0.15, 0.2) is 12.1 Å². The molecule has 0 amide bonds. The highest BCUT2D eigenvalue weighted by Gasteiger charge is 2.54. The molecule has 0 radical (unpaired) electrons. The second-order valence-corrected chi connectivity index (χ2v) is 7.73. The SMILES string of the molecule is CCOC(=O)CC(B1OC(C)(C)C(C)(C)O1)c1c(C)cc(O)cc1C. The summed E-state index contributed by atoms with van der Waals surface area (Å²) in [7, 11) is -0.559. The van der Waals surface area contributed by atoms with Gasteiger partial charge in [-0.15, -0.1) is 0 Å². The molecule has 2 rings (SSSR count). The molecule has 1 aliphatic rings. The lowest BCUT2D eigenvalue weighted by Gasteiger charge is -2.32. The van der Waals surface area contributed by atoms with Gasteiger partial charge in [0, 0.05) is 5.82 Å². The Labute approximate surface area is 150 Å². The average molecular weight is 348 g/mol. The smallest absolute Gasteiger partial charge is 0.466 e. The Bertz CT molecular complexity index is 614. The van der Waals surface area contributed by atoms with Crippen molar-refractivity contribution in [1.29, 1.82) is 0 Å². The molecule has 1 saturated heterocycles. The van der Waals surface area contributed by atoms with Gasteiger partial charge >= 0.3 is 13.1 Å². The summed E-state index contributed by atoms with van der Waals surface area (Å²) in [6.45, 7) is 13.9. The van der Waals surface area contributed by atoms with Gasteiger partial charge in [0.15, 0.2) is 0 Å². The first-order valence-electron chi connectivity index (χ1n) is 8.80. The number of ether oxygens (including phenoxy) is 1. The lowest BCUT2D eigenvalue weighted by molar-refractivity contribution is -0.143. The molecule has 1 aliphatic heterocycles. The Kier molecular flexibility index (Phi) is 5.54. The zero-order valence-corrected chi connectivity index (χ0v) is 16.3. The predicted octanol–water partition coefficient (Wildman–Crippen LogP) is 3.68. The van der Waals surface area contributed by atoms with Crippen LogP contribution in [-0.2, 0) is 18.8 Å². The van der Waals surface area contributed by atoms with Crippen LogP contribution in [0.3, 0.4) is 0 Å². The van der Waals surface area contributed by atoms with Crippen LogP contribution < -0.4 is 0 Å². The van der Waals surface area contributed by atoms with E-state index in [1.165, 1.54) is 0 Å². The summed E-state index contributed by atoms with van der Waals surface area (Å²) in [5.74, 6) is -0.377. The normalized spacial score (nSPS) is 19.7. The van der Waals surface area contributed by atoms with Gasteiger partial charge in [-0.2, -0.15) is 0 Å². The monoisotopic (exact) mass is 348 g/mol. The largest absolute Gasteiger partial charge is 0.508 e. The maximum Gasteiger partial charge on any atom is 0.466 e. The number of aryl methyl sites for hydroxylation is 2. The number of carbonyl (C=O) groups is 1. The van der Waals surface area contributed by atoms with Crippen LogP contribution in [0.25, 0.3) is 0 Å². The number of hydrogen-bond donors (Lipinski definition) is 1. The molecule has 1 heterocycles. The highest BCUT2D eigenvalue weighted by Crippen LogP contribution is 2.43. The molecule has 0 spiro atoms. The van der Waals surface area contributed by atoms with E-state index < -0.39 is 18.3 Å². The van der Waals surface area contributed by atoms with Crippen LogP contribution in [0.1, 0.15) is 63.5 Å². The fourth-order valence-corrected chi connectivity index (χ4v) is 3.32. The quantitative estimate of drug-likeness (QED) is 0.650. The van der Waals surface area contributed by atoms with Gasteiger partial charge in [0.2, 0.25) is 0 Å². The fourth-order valence-electron chi connectivity index (χ4n) is 3.32. The van der Waals surface area contributed by atoms with Crippen molar-refractivity contribution in [3.05, 3.63) is 28.8 Å². The Hall–Kier alpha value is -1.53. The number of rotatable bonds is 5. The summed E-state index contributed by atoms with van der Waals surface area (Å²) < 4.78 is 17.6. The first-order valence-corrected chi connectivity index (χ1v) is 8.80. The predicted molar refractivity (Wildman–Crippen MR) is 97.7 cm³/mol. The lowest BCUT2D eigenvalue weighted by atomic mass is 9.64. The molecule has 25 heavy (non-hydrogen) atoms. The zero-order chi connectivity index (χ0) is 19.0. The van der Waals surface area contributed by atoms with Gasteiger partial charge in [-0.05, 0) is 77.3 Å². The molecule has 1 N–H and O–H groups in total. The molecule has 138 valence electrons. The molecular weight excluding hydrogens is 319 g/mol. The number of carbonyl (C=O) groups excluding carboxylic acids is 1. The maximum absolute atomic E-state index is 12.2. The van der Waals surface area contributed by atoms with E-state index in [4.69, 9.17) is 14.0 Å². The highest BCUT2D eigenvalue weighted by molar-refractivity contribution is 6.48. The van der Waals surface area contributed by atoms with Crippen molar-refractivity contribution >= 4 is 13.1 Å². The Morgan fingerprint density at radius 3 is 2.08 bits per heavy atom. The van der Waals surface area contributed by atoms with Crippen molar-refractivity contribution in [2.75, 3.05) is 6.61 Å². The summed E-state index contributed by atoms with van der Waals surface area (Å²) in [5, 5.41) is 9.84. The van der Waals surface area contributed by atoms with E-state index in [9.17, 15) is 9.90 Å². The van der Waals surface area contributed by atoms with Gasteiger partial charge in [0.1, 0.15) is 5.75 Å².